The van der Waals surface area contributed by atoms with Crippen molar-refractivity contribution in [3.63, 3.8) is 0 Å². The molecule has 28 heavy (non-hydrogen) atoms. The van der Waals surface area contributed by atoms with Crippen LogP contribution in [0.25, 0.3) is 11.1 Å². The number of pyridine rings is 1. The van der Waals surface area contributed by atoms with E-state index in [9.17, 15) is 9.59 Å². The van der Waals surface area contributed by atoms with Crippen LogP contribution in [0.1, 0.15) is 53.8 Å². The molecule has 1 aliphatic carbocycles. The molecular weight excluding hydrogens is 360 g/mol. The largest absolute Gasteiger partial charge is 0.383 e. The van der Waals surface area contributed by atoms with Crippen molar-refractivity contribution >= 4 is 22.9 Å². The lowest BCUT2D eigenvalue weighted by molar-refractivity contribution is -0.135. The van der Waals surface area contributed by atoms with E-state index in [4.69, 9.17) is 9.26 Å². The van der Waals surface area contributed by atoms with Gasteiger partial charge >= 0.3 is 0 Å². The Morgan fingerprint density at radius 3 is 2.86 bits per heavy atom. The number of nitrogens with zero attached hydrogens (tertiary/aromatic N) is 4. The average molecular weight is 386 g/mol. The number of hydrogen-bond acceptors (Lipinski definition) is 6. The third-order valence-electron chi connectivity index (χ3n) is 5.42. The van der Waals surface area contributed by atoms with Crippen LogP contribution in [0.4, 0.5) is 0 Å². The van der Waals surface area contributed by atoms with E-state index in [0.29, 0.717) is 48.8 Å². The minimum atomic E-state index is -0.144. The molecule has 2 aromatic heterocycles. The van der Waals surface area contributed by atoms with E-state index in [0.717, 1.165) is 37.1 Å². The minimum Gasteiger partial charge on any atom is -0.383 e. The molecule has 0 bridgehead atoms. The van der Waals surface area contributed by atoms with Crippen LogP contribution in [0.5, 0.6) is 0 Å². The number of methoxy groups -OCH3 is 1. The number of aromatic nitrogens is 2. The summed E-state index contributed by atoms with van der Waals surface area (Å²) in [6, 6.07) is 1.89. The molecule has 4 rings (SSSR count). The maximum absolute atomic E-state index is 13.4. The first-order chi connectivity index (χ1) is 13.6. The SMILES string of the molecule is CCCc1noc2nc(C3CC3)cc(C(=O)N3CCN(CCOC)C(=O)C3)c12. The van der Waals surface area contributed by atoms with Crippen LogP contribution >= 0.6 is 0 Å². The Hall–Kier alpha value is -2.48. The first kappa shape index (κ1) is 18.9. The molecular formula is C20H26N4O4. The van der Waals surface area contributed by atoms with Gasteiger partial charge in [-0.1, -0.05) is 18.5 Å². The molecule has 3 heterocycles. The zero-order valence-electron chi connectivity index (χ0n) is 16.4. The number of aryl methyl sites for hydroxylation is 1. The van der Waals surface area contributed by atoms with Gasteiger partial charge < -0.3 is 19.1 Å². The fourth-order valence-electron chi connectivity index (χ4n) is 3.68. The third kappa shape index (κ3) is 3.61. The Morgan fingerprint density at radius 1 is 1.36 bits per heavy atom. The van der Waals surface area contributed by atoms with Crippen LogP contribution in [0.15, 0.2) is 10.6 Å². The smallest absolute Gasteiger partial charge is 0.259 e. The second-order valence-corrected chi connectivity index (χ2v) is 7.53. The molecule has 2 aromatic rings. The van der Waals surface area contributed by atoms with Crippen LogP contribution in [-0.2, 0) is 16.0 Å². The van der Waals surface area contributed by atoms with Gasteiger partial charge in [-0.3, -0.25) is 9.59 Å². The highest BCUT2D eigenvalue weighted by Crippen LogP contribution is 2.40. The van der Waals surface area contributed by atoms with E-state index in [1.165, 1.54) is 0 Å². The van der Waals surface area contributed by atoms with Crippen LogP contribution in [0.2, 0.25) is 0 Å². The molecule has 150 valence electrons. The van der Waals surface area contributed by atoms with Crippen molar-refractivity contribution in [2.24, 2.45) is 0 Å². The van der Waals surface area contributed by atoms with Gasteiger partial charge in [-0.15, -0.1) is 0 Å². The van der Waals surface area contributed by atoms with Crippen LogP contribution < -0.4 is 0 Å². The summed E-state index contributed by atoms with van der Waals surface area (Å²) in [5.41, 5.74) is 2.65. The first-order valence-electron chi connectivity index (χ1n) is 9.97. The summed E-state index contributed by atoms with van der Waals surface area (Å²) in [7, 11) is 1.61. The number of piperazine rings is 1. The molecule has 8 nitrogen and oxygen atoms in total. The monoisotopic (exact) mass is 386 g/mol. The Bertz CT molecular complexity index is 890. The van der Waals surface area contributed by atoms with E-state index in [1.54, 1.807) is 16.9 Å². The van der Waals surface area contributed by atoms with Crippen LogP contribution in [0, 0.1) is 0 Å². The summed E-state index contributed by atoms with van der Waals surface area (Å²) in [4.78, 5) is 33.8. The molecule has 0 radical (unpaired) electrons. The normalized spacial score (nSPS) is 17.6. The number of amides is 2. The number of ether oxygens (including phenoxy) is 1. The van der Waals surface area contributed by atoms with Gasteiger partial charge in [-0.05, 0) is 25.3 Å². The molecule has 0 aromatic carbocycles. The average Bonchev–Trinajstić information content (AvgIpc) is 3.48. The molecule has 2 aliphatic rings. The van der Waals surface area contributed by atoms with Gasteiger partial charge in [0.2, 0.25) is 5.91 Å². The van der Waals surface area contributed by atoms with E-state index < -0.39 is 0 Å². The van der Waals surface area contributed by atoms with Crippen LogP contribution in [-0.4, -0.2) is 71.7 Å². The Labute approximate surface area is 163 Å². The van der Waals surface area contributed by atoms with Crippen molar-refractivity contribution in [1.29, 1.82) is 0 Å². The van der Waals surface area contributed by atoms with Gasteiger partial charge in [0, 0.05) is 38.4 Å². The van der Waals surface area contributed by atoms with Crippen molar-refractivity contribution in [3.05, 3.63) is 23.0 Å². The Kier molecular flexibility index (Phi) is 5.30. The summed E-state index contributed by atoms with van der Waals surface area (Å²) in [5.74, 6) is 0.196. The summed E-state index contributed by atoms with van der Waals surface area (Å²) in [5, 5.41) is 4.86. The van der Waals surface area contributed by atoms with Gasteiger partial charge in [-0.25, -0.2) is 4.98 Å². The summed E-state index contributed by atoms with van der Waals surface area (Å²) >= 11 is 0. The number of carbonyl (C=O) groups excluding carboxylic acids is 2. The fourth-order valence-corrected chi connectivity index (χ4v) is 3.68. The van der Waals surface area contributed by atoms with Gasteiger partial charge in [-0.2, -0.15) is 0 Å². The van der Waals surface area contributed by atoms with Crippen molar-refractivity contribution in [1.82, 2.24) is 19.9 Å². The standard InChI is InChI=1S/C20H26N4O4/c1-3-4-15-18-14(11-16(13-5-6-13)21-19(18)28-22-15)20(26)24-8-7-23(9-10-27-2)17(25)12-24/h11,13H,3-10,12H2,1-2H3. The summed E-state index contributed by atoms with van der Waals surface area (Å²) in [6.07, 6.45) is 3.79. The molecule has 0 spiro atoms. The molecule has 0 atom stereocenters. The van der Waals surface area contributed by atoms with E-state index in [1.807, 2.05) is 6.07 Å². The lowest BCUT2D eigenvalue weighted by Gasteiger charge is -2.34. The quantitative estimate of drug-likeness (QED) is 0.723. The number of hydrogen-bond donors (Lipinski definition) is 0. The van der Waals surface area contributed by atoms with E-state index >= 15 is 0 Å². The molecule has 2 amide bonds. The lowest BCUT2D eigenvalue weighted by Crippen LogP contribution is -2.52. The van der Waals surface area contributed by atoms with E-state index in [2.05, 4.69) is 17.1 Å². The number of carbonyl (C=O) groups is 2. The molecule has 8 heteroatoms. The van der Waals surface area contributed by atoms with Crippen molar-refractivity contribution < 1.29 is 18.8 Å². The predicted octanol–water partition coefficient (Wildman–Crippen LogP) is 1.98. The highest BCUT2D eigenvalue weighted by molar-refractivity contribution is 6.07. The third-order valence-corrected chi connectivity index (χ3v) is 5.42. The van der Waals surface area contributed by atoms with Gasteiger partial charge in [0.1, 0.15) is 6.54 Å². The van der Waals surface area contributed by atoms with Crippen molar-refractivity contribution in [2.45, 2.75) is 38.5 Å². The molecule has 0 N–H and O–H groups in total. The van der Waals surface area contributed by atoms with Gasteiger partial charge in [0.15, 0.2) is 0 Å². The summed E-state index contributed by atoms with van der Waals surface area (Å²) in [6.45, 7) is 4.21. The molecule has 2 fully saturated rings. The molecule has 1 saturated heterocycles. The topological polar surface area (TPSA) is 88.8 Å². The zero-order valence-corrected chi connectivity index (χ0v) is 16.4. The minimum absolute atomic E-state index is 0.0523. The van der Waals surface area contributed by atoms with Crippen LogP contribution in [0.3, 0.4) is 0 Å². The number of fused-ring (bicyclic) bond motifs is 1. The fraction of sp³-hybridized carbons (Fsp3) is 0.600. The second-order valence-electron chi connectivity index (χ2n) is 7.53. The molecule has 0 unspecified atom stereocenters. The van der Waals surface area contributed by atoms with Gasteiger partial charge in [0.25, 0.3) is 11.6 Å². The van der Waals surface area contributed by atoms with Gasteiger partial charge in [0.05, 0.1) is 23.3 Å². The Balaban J connectivity index is 1.63. The second kappa shape index (κ2) is 7.87. The highest BCUT2D eigenvalue weighted by Gasteiger charge is 2.32. The Morgan fingerprint density at radius 2 is 2.18 bits per heavy atom. The lowest BCUT2D eigenvalue weighted by atomic mass is 10.0. The van der Waals surface area contributed by atoms with E-state index in [-0.39, 0.29) is 18.4 Å². The zero-order chi connectivity index (χ0) is 19.7. The predicted molar refractivity (Wildman–Crippen MR) is 102 cm³/mol. The molecule has 1 aliphatic heterocycles. The maximum Gasteiger partial charge on any atom is 0.259 e. The summed E-state index contributed by atoms with van der Waals surface area (Å²) < 4.78 is 10.5. The van der Waals surface area contributed by atoms with Crippen molar-refractivity contribution in [3.8, 4) is 0 Å². The first-order valence-corrected chi connectivity index (χ1v) is 9.97. The maximum atomic E-state index is 13.4. The number of rotatable bonds is 7. The molecule has 1 saturated carbocycles. The van der Waals surface area contributed by atoms with Crippen molar-refractivity contribution in [2.75, 3.05) is 39.9 Å². The highest BCUT2D eigenvalue weighted by atomic mass is 16.5.